The van der Waals surface area contributed by atoms with Crippen LogP contribution in [0.25, 0.3) is 17.0 Å². The minimum Gasteiger partial charge on any atom is -0.336 e. The van der Waals surface area contributed by atoms with Gasteiger partial charge in [0.1, 0.15) is 16.9 Å². The van der Waals surface area contributed by atoms with E-state index in [9.17, 15) is 13.2 Å². The molecule has 0 aromatic carbocycles. The molecule has 4 aromatic heterocycles. The van der Waals surface area contributed by atoms with Crippen LogP contribution >= 0.6 is 11.6 Å². The summed E-state index contributed by atoms with van der Waals surface area (Å²) in [5, 5.41) is 6.83. The van der Waals surface area contributed by atoms with E-state index in [0.717, 1.165) is 0 Å². The monoisotopic (exact) mass is 390 g/mol. The predicted molar refractivity (Wildman–Crippen MR) is 93.7 cm³/mol. The molecule has 0 atom stereocenters. The molecule has 4 rings (SSSR count). The van der Waals surface area contributed by atoms with E-state index in [1.54, 1.807) is 18.3 Å². The van der Waals surface area contributed by atoms with E-state index in [1.807, 2.05) is 0 Å². The van der Waals surface area contributed by atoms with E-state index in [0.29, 0.717) is 5.52 Å². The Morgan fingerprint density at radius 3 is 2.74 bits per heavy atom. The third-order valence-electron chi connectivity index (χ3n) is 3.71. The van der Waals surface area contributed by atoms with Crippen LogP contribution in [0, 0.1) is 5.82 Å². The van der Waals surface area contributed by atoms with Gasteiger partial charge in [0, 0.05) is 12.4 Å². The maximum atomic E-state index is 14.2. The van der Waals surface area contributed by atoms with Crippen LogP contribution in [0.1, 0.15) is 12.1 Å². The number of alkyl halides is 2. The number of nitrogens with one attached hydrogen (secondary N) is 1. The van der Waals surface area contributed by atoms with Gasteiger partial charge < -0.3 is 5.32 Å². The summed E-state index contributed by atoms with van der Waals surface area (Å²) in [6.07, 6.45) is 0.281. The number of hydrogen-bond acceptors (Lipinski definition) is 5. The van der Waals surface area contributed by atoms with Crippen LogP contribution < -0.4 is 5.32 Å². The van der Waals surface area contributed by atoms with Gasteiger partial charge in [0.2, 0.25) is 5.82 Å². The Morgan fingerprint density at radius 2 is 1.93 bits per heavy atom. The van der Waals surface area contributed by atoms with Crippen molar-refractivity contribution in [1.29, 1.82) is 0 Å². The van der Waals surface area contributed by atoms with Gasteiger partial charge in [-0.1, -0.05) is 17.7 Å². The molecule has 27 heavy (non-hydrogen) atoms. The Hall–Kier alpha value is -3.20. The SMILES string of the molecule is Fc1c(Nc2nc(-c3cccc(C(F)F)n3)nn3cccc23)ccnc1Cl. The summed E-state index contributed by atoms with van der Waals surface area (Å²) in [6, 6.07) is 9.02. The lowest BCUT2D eigenvalue weighted by Gasteiger charge is -2.11. The molecule has 0 aliphatic rings. The predicted octanol–water partition coefficient (Wildman–Crippen LogP) is 4.66. The van der Waals surface area contributed by atoms with Gasteiger partial charge >= 0.3 is 0 Å². The number of hydrogen-bond donors (Lipinski definition) is 1. The summed E-state index contributed by atoms with van der Waals surface area (Å²) in [6.45, 7) is 0. The van der Waals surface area contributed by atoms with Crippen molar-refractivity contribution in [3.8, 4) is 11.5 Å². The molecule has 0 aliphatic heterocycles. The molecule has 4 heterocycles. The van der Waals surface area contributed by atoms with Crippen molar-refractivity contribution in [3.63, 3.8) is 0 Å². The first-order valence-electron chi connectivity index (χ1n) is 7.71. The molecule has 0 fully saturated rings. The molecule has 0 saturated carbocycles. The molecule has 0 radical (unpaired) electrons. The number of halogens is 4. The fourth-order valence-corrected chi connectivity index (χ4v) is 2.63. The minimum absolute atomic E-state index is 0.0667. The van der Waals surface area contributed by atoms with Crippen molar-refractivity contribution >= 4 is 28.6 Å². The molecule has 0 saturated heterocycles. The molecule has 0 bridgehead atoms. The molecule has 0 aliphatic carbocycles. The summed E-state index contributed by atoms with van der Waals surface area (Å²) in [5.74, 6) is -0.374. The Balaban J connectivity index is 1.83. The summed E-state index contributed by atoms with van der Waals surface area (Å²) in [7, 11) is 0. The molecule has 1 N–H and O–H groups in total. The van der Waals surface area contributed by atoms with Crippen LogP contribution in [0.2, 0.25) is 5.15 Å². The standard InChI is InChI=1S/C17H10ClF3N6/c18-14-13(19)9(6-7-22-14)24-17-12-5-2-8-27(12)26-16(25-17)11-4-1-3-10(23-11)15(20)21/h1-8,15H,(H,22,24,25,26). The Kier molecular flexibility index (Phi) is 4.36. The lowest BCUT2D eigenvalue weighted by molar-refractivity contribution is 0.146. The topological polar surface area (TPSA) is 68.0 Å². The minimum atomic E-state index is -2.72. The molecule has 10 heteroatoms. The van der Waals surface area contributed by atoms with Gasteiger partial charge in [-0.25, -0.2) is 32.6 Å². The first kappa shape index (κ1) is 17.2. The molecule has 0 spiro atoms. The molecule has 136 valence electrons. The number of rotatable bonds is 4. The van der Waals surface area contributed by atoms with Crippen molar-refractivity contribution in [2.24, 2.45) is 0 Å². The number of anilines is 2. The van der Waals surface area contributed by atoms with Gasteiger partial charge in [-0.15, -0.1) is 5.10 Å². The van der Waals surface area contributed by atoms with E-state index in [-0.39, 0.29) is 33.9 Å². The number of pyridine rings is 2. The van der Waals surface area contributed by atoms with Crippen molar-refractivity contribution in [2.75, 3.05) is 5.32 Å². The fraction of sp³-hybridized carbons (Fsp3) is 0.0588. The molecular weight excluding hydrogens is 381 g/mol. The first-order valence-corrected chi connectivity index (χ1v) is 8.08. The first-order chi connectivity index (χ1) is 13.0. The van der Waals surface area contributed by atoms with Gasteiger partial charge in [-0.3, -0.25) is 0 Å². The lowest BCUT2D eigenvalue weighted by Crippen LogP contribution is -2.05. The number of nitrogens with zero attached hydrogens (tertiary/aromatic N) is 5. The molecular formula is C17H10ClF3N6. The van der Waals surface area contributed by atoms with Crippen LogP contribution in [-0.4, -0.2) is 24.6 Å². The third-order valence-corrected chi connectivity index (χ3v) is 3.98. The fourth-order valence-electron chi connectivity index (χ4n) is 2.47. The van der Waals surface area contributed by atoms with Crippen LogP contribution in [-0.2, 0) is 0 Å². The second-order valence-corrected chi connectivity index (χ2v) is 5.82. The normalized spacial score (nSPS) is 11.3. The van der Waals surface area contributed by atoms with Crippen molar-refractivity contribution < 1.29 is 13.2 Å². The highest BCUT2D eigenvalue weighted by atomic mass is 35.5. The van der Waals surface area contributed by atoms with Crippen LogP contribution in [0.5, 0.6) is 0 Å². The third kappa shape index (κ3) is 3.28. The average molecular weight is 391 g/mol. The summed E-state index contributed by atoms with van der Waals surface area (Å²) >= 11 is 5.71. The zero-order valence-electron chi connectivity index (χ0n) is 13.4. The second kappa shape index (κ2) is 6.84. The molecule has 6 nitrogen and oxygen atoms in total. The zero-order valence-corrected chi connectivity index (χ0v) is 14.2. The lowest BCUT2D eigenvalue weighted by atomic mass is 10.3. The largest absolute Gasteiger partial charge is 0.336 e. The maximum absolute atomic E-state index is 14.2. The Morgan fingerprint density at radius 1 is 1.07 bits per heavy atom. The Labute approximate surface area is 155 Å². The van der Waals surface area contributed by atoms with E-state index in [2.05, 4.69) is 25.4 Å². The van der Waals surface area contributed by atoms with Gasteiger partial charge in [-0.2, -0.15) is 0 Å². The van der Waals surface area contributed by atoms with E-state index >= 15 is 0 Å². The smallest absolute Gasteiger partial charge is 0.280 e. The van der Waals surface area contributed by atoms with Crippen LogP contribution in [0.3, 0.4) is 0 Å². The molecule has 0 unspecified atom stereocenters. The number of aromatic nitrogens is 5. The summed E-state index contributed by atoms with van der Waals surface area (Å²) in [4.78, 5) is 11.9. The van der Waals surface area contributed by atoms with Crippen molar-refractivity contribution in [3.05, 3.63) is 65.5 Å². The van der Waals surface area contributed by atoms with Gasteiger partial charge in [-0.05, 0) is 30.3 Å². The Bertz CT molecular complexity index is 1130. The van der Waals surface area contributed by atoms with E-state index < -0.39 is 12.2 Å². The average Bonchev–Trinajstić information content (AvgIpc) is 3.14. The zero-order chi connectivity index (χ0) is 19.0. The molecule has 4 aromatic rings. The van der Waals surface area contributed by atoms with Gasteiger partial charge in [0.15, 0.2) is 16.8 Å². The van der Waals surface area contributed by atoms with Crippen LogP contribution in [0.4, 0.5) is 24.7 Å². The van der Waals surface area contributed by atoms with Crippen molar-refractivity contribution in [1.82, 2.24) is 24.6 Å². The highest BCUT2D eigenvalue weighted by Gasteiger charge is 2.16. The number of fused-ring (bicyclic) bond motifs is 1. The molecule has 0 amide bonds. The quantitative estimate of drug-likeness (QED) is 0.513. The van der Waals surface area contributed by atoms with Gasteiger partial charge in [0.05, 0.1) is 5.69 Å². The summed E-state index contributed by atoms with van der Waals surface area (Å²) < 4.78 is 41.5. The van der Waals surface area contributed by atoms with E-state index in [1.165, 1.54) is 35.0 Å². The summed E-state index contributed by atoms with van der Waals surface area (Å²) in [5.41, 5.74) is 0.401. The van der Waals surface area contributed by atoms with Crippen LogP contribution in [0.15, 0.2) is 48.8 Å². The van der Waals surface area contributed by atoms with E-state index in [4.69, 9.17) is 11.6 Å². The van der Waals surface area contributed by atoms with Crippen molar-refractivity contribution in [2.45, 2.75) is 6.43 Å². The van der Waals surface area contributed by atoms with Gasteiger partial charge in [0.25, 0.3) is 6.43 Å². The second-order valence-electron chi connectivity index (χ2n) is 5.46. The highest BCUT2D eigenvalue weighted by molar-refractivity contribution is 6.29. The highest BCUT2D eigenvalue weighted by Crippen LogP contribution is 2.27. The maximum Gasteiger partial charge on any atom is 0.280 e.